The molecule has 0 amide bonds. The summed E-state index contributed by atoms with van der Waals surface area (Å²) in [4.78, 5) is 0. The van der Waals surface area contributed by atoms with Crippen LogP contribution in [0.1, 0.15) is 74.6 Å². The number of alkyl halides is 3. The quantitative estimate of drug-likeness (QED) is 0.143. The van der Waals surface area contributed by atoms with Gasteiger partial charge in [-0.25, -0.2) is 0 Å². The smallest absolute Gasteiger partial charge is 0.347 e. The van der Waals surface area contributed by atoms with Gasteiger partial charge in [-0.3, -0.25) is 0 Å². The van der Waals surface area contributed by atoms with Gasteiger partial charge < -0.3 is 4.57 Å². The monoisotopic (exact) mass is 529 g/mol. The molecule has 5 rings (SSSR count). The Hall–Kier alpha value is -3.60. The SMILES string of the molecule is CCCCCn1cc(/C(=C2/C=[N+](CCCCC)c3ccccc32)c2ccc(C(F)(F)F)cc2)c2ccccc21. The topological polar surface area (TPSA) is 7.94 Å². The number of aromatic nitrogens is 1. The lowest BCUT2D eigenvalue weighted by molar-refractivity contribution is -0.432. The number of aryl methyl sites for hydroxylation is 1. The zero-order chi connectivity index (χ0) is 27.4. The average molecular weight is 530 g/mol. The molecule has 5 heteroatoms. The van der Waals surface area contributed by atoms with E-state index in [0.29, 0.717) is 0 Å². The van der Waals surface area contributed by atoms with E-state index in [1.807, 2.05) is 12.1 Å². The summed E-state index contributed by atoms with van der Waals surface area (Å²) >= 11 is 0. The standard InChI is InChI=1S/C34H36F3N2/c1-3-5-11-21-38-23-29(27-13-7-9-15-31(27)38)33(25-17-19-26(20-18-25)34(35,36)37)30-24-39(22-12-6-4-2)32-16-10-8-14-28(30)32/h7-10,13-20,23-24H,3-6,11-12,21-22H2,1-2H3/q+1. The van der Waals surface area contributed by atoms with Crippen LogP contribution in [-0.2, 0) is 12.7 Å². The largest absolute Gasteiger partial charge is 0.416 e. The van der Waals surface area contributed by atoms with Gasteiger partial charge in [0.1, 0.15) is 6.54 Å². The molecule has 1 aromatic heterocycles. The molecule has 0 unspecified atom stereocenters. The maximum absolute atomic E-state index is 13.5. The number of benzene rings is 3. The van der Waals surface area contributed by atoms with Crippen LogP contribution >= 0.6 is 0 Å². The molecule has 0 bridgehead atoms. The van der Waals surface area contributed by atoms with Gasteiger partial charge >= 0.3 is 6.18 Å². The number of fused-ring (bicyclic) bond motifs is 2. The Morgan fingerprint density at radius 1 is 0.795 bits per heavy atom. The van der Waals surface area contributed by atoms with Crippen molar-refractivity contribution < 1.29 is 17.7 Å². The van der Waals surface area contributed by atoms with Gasteiger partial charge in [-0.05, 0) is 42.7 Å². The molecule has 0 saturated carbocycles. The number of rotatable bonds is 10. The minimum absolute atomic E-state index is 0.630. The molecule has 0 radical (unpaired) electrons. The van der Waals surface area contributed by atoms with Gasteiger partial charge in [0.25, 0.3) is 0 Å². The van der Waals surface area contributed by atoms with E-state index in [9.17, 15) is 13.2 Å². The maximum atomic E-state index is 13.5. The van der Waals surface area contributed by atoms with Crippen LogP contribution in [0.2, 0.25) is 0 Å². The fourth-order valence-electron chi connectivity index (χ4n) is 5.61. The van der Waals surface area contributed by atoms with Gasteiger partial charge in [-0.15, -0.1) is 0 Å². The number of unbranched alkanes of at least 4 members (excludes halogenated alkanes) is 4. The first-order chi connectivity index (χ1) is 18.9. The average Bonchev–Trinajstić information content (AvgIpc) is 3.48. The predicted octanol–water partition coefficient (Wildman–Crippen LogP) is 9.73. The third-order valence-corrected chi connectivity index (χ3v) is 7.62. The summed E-state index contributed by atoms with van der Waals surface area (Å²) < 4.78 is 45.0. The minimum Gasteiger partial charge on any atom is -0.347 e. The molecular weight excluding hydrogens is 493 g/mol. The molecule has 0 aliphatic carbocycles. The molecular formula is C34H36F3N2+. The van der Waals surface area contributed by atoms with E-state index >= 15 is 0 Å². The lowest BCUT2D eigenvalue weighted by Gasteiger charge is -2.12. The first-order valence-electron chi connectivity index (χ1n) is 14.1. The first kappa shape index (κ1) is 27.0. The summed E-state index contributed by atoms with van der Waals surface area (Å²) in [5, 5.41) is 1.12. The zero-order valence-corrected chi connectivity index (χ0v) is 22.8. The third-order valence-electron chi connectivity index (χ3n) is 7.62. The molecule has 0 saturated heterocycles. The molecule has 39 heavy (non-hydrogen) atoms. The first-order valence-corrected chi connectivity index (χ1v) is 14.1. The summed E-state index contributed by atoms with van der Waals surface area (Å²) in [5.41, 5.74) is 6.66. The number of para-hydroxylation sites is 2. The highest BCUT2D eigenvalue weighted by Gasteiger charge is 2.32. The van der Waals surface area contributed by atoms with Crippen molar-refractivity contribution >= 4 is 34.0 Å². The fraction of sp³-hybridized carbons (Fsp3) is 0.324. The molecule has 0 N–H and O–H groups in total. The summed E-state index contributed by atoms with van der Waals surface area (Å²) in [6.07, 6.45) is 6.81. The molecule has 2 heterocycles. The van der Waals surface area contributed by atoms with Crippen molar-refractivity contribution in [3.63, 3.8) is 0 Å². The van der Waals surface area contributed by atoms with E-state index in [1.165, 1.54) is 12.1 Å². The minimum atomic E-state index is -4.37. The molecule has 4 aromatic rings. The van der Waals surface area contributed by atoms with Crippen molar-refractivity contribution in [1.82, 2.24) is 4.57 Å². The Morgan fingerprint density at radius 3 is 2.23 bits per heavy atom. The van der Waals surface area contributed by atoms with E-state index in [4.69, 9.17) is 0 Å². The zero-order valence-electron chi connectivity index (χ0n) is 22.8. The van der Waals surface area contributed by atoms with Crippen molar-refractivity contribution in [3.05, 3.63) is 101 Å². The van der Waals surface area contributed by atoms with Gasteiger partial charge in [0, 0.05) is 47.3 Å². The van der Waals surface area contributed by atoms with Crippen molar-refractivity contribution in [1.29, 1.82) is 0 Å². The van der Waals surface area contributed by atoms with Crippen LogP contribution in [0.15, 0.2) is 79.0 Å². The molecule has 2 nitrogen and oxygen atoms in total. The second-order valence-electron chi connectivity index (χ2n) is 10.4. The Kier molecular flexibility index (Phi) is 8.06. The highest BCUT2D eigenvalue weighted by Crippen LogP contribution is 2.42. The molecule has 1 aliphatic rings. The highest BCUT2D eigenvalue weighted by molar-refractivity contribution is 6.25. The Balaban J connectivity index is 1.74. The molecule has 0 atom stereocenters. The highest BCUT2D eigenvalue weighted by atomic mass is 19.4. The second-order valence-corrected chi connectivity index (χ2v) is 10.4. The van der Waals surface area contributed by atoms with E-state index in [1.54, 1.807) is 12.1 Å². The Bertz CT molecular complexity index is 1500. The summed E-state index contributed by atoms with van der Waals surface area (Å²) in [6.45, 7) is 6.22. The maximum Gasteiger partial charge on any atom is 0.416 e. The van der Waals surface area contributed by atoms with Gasteiger partial charge in [-0.1, -0.05) is 75.6 Å². The van der Waals surface area contributed by atoms with E-state index in [-0.39, 0.29) is 0 Å². The summed E-state index contributed by atoms with van der Waals surface area (Å²) in [7, 11) is 0. The third kappa shape index (κ3) is 5.59. The molecule has 0 fully saturated rings. The second kappa shape index (κ2) is 11.6. The van der Waals surface area contributed by atoms with Crippen LogP contribution < -0.4 is 0 Å². The predicted molar refractivity (Wildman–Crippen MR) is 156 cm³/mol. The number of hydrogen-bond acceptors (Lipinski definition) is 0. The summed E-state index contributed by atoms with van der Waals surface area (Å²) in [5.74, 6) is 0. The molecule has 3 aromatic carbocycles. The lowest BCUT2D eigenvalue weighted by Crippen LogP contribution is -2.05. The van der Waals surface area contributed by atoms with Gasteiger partial charge in [0.2, 0.25) is 5.69 Å². The van der Waals surface area contributed by atoms with Gasteiger partial charge in [0.05, 0.1) is 16.7 Å². The molecule has 0 spiro atoms. The van der Waals surface area contributed by atoms with E-state index in [0.717, 1.165) is 96.0 Å². The summed E-state index contributed by atoms with van der Waals surface area (Å²) in [6, 6.07) is 22.4. The normalized spacial score (nSPS) is 14.5. The Morgan fingerprint density at radius 2 is 1.49 bits per heavy atom. The van der Waals surface area contributed by atoms with Crippen LogP contribution in [-0.4, -0.2) is 21.9 Å². The number of halogens is 3. The van der Waals surface area contributed by atoms with Crippen LogP contribution in [0.3, 0.4) is 0 Å². The van der Waals surface area contributed by atoms with Crippen molar-refractivity contribution in [2.24, 2.45) is 0 Å². The van der Waals surface area contributed by atoms with Crippen LogP contribution in [0.4, 0.5) is 18.9 Å². The van der Waals surface area contributed by atoms with E-state index < -0.39 is 11.7 Å². The van der Waals surface area contributed by atoms with Crippen molar-refractivity contribution in [2.75, 3.05) is 6.54 Å². The van der Waals surface area contributed by atoms with Gasteiger partial charge in [-0.2, -0.15) is 17.7 Å². The fourth-order valence-corrected chi connectivity index (χ4v) is 5.61. The Labute approximate surface area is 229 Å². The lowest BCUT2D eigenvalue weighted by atomic mass is 9.89. The molecule has 1 aliphatic heterocycles. The van der Waals surface area contributed by atoms with E-state index in [2.05, 4.69) is 71.8 Å². The van der Waals surface area contributed by atoms with Crippen molar-refractivity contribution in [3.8, 4) is 0 Å². The van der Waals surface area contributed by atoms with Gasteiger partial charge in [0.15, 0.2) is 6.21 Å². The molecule has 202 valence electrons. The number of nitrogens with zero attached hydrogens (tertiary/aromatic N) is 2. The van der Waals surface area contributed by atoms with Crippen LogP contribution in [0, 0.1) is 0 Å². The number of hydrogen-bond donors (Lipinski definition) is 0. The number of allylic oxidation sites excluding steroid dienone is 1. The van der Waals surface area contributed by atoms with Crippen LogP contribution in [0.5, 0.6) is 0 Å². The van der Waals surface area contributed by atoms with Crippen LogP contribution in [0.25, 0.3) is 22.0 Å². The van der Waals surface area contributed by atoms with Crippen molar-refractivity contribution in [2.45, 2.75) is 65.1 Å².